The molecule has 3 aromatic carbocycles. The van der Waals surface area contributed by atoms with Crippen LogP contribution in [-0.2, 0) is 22.6 Å². The highest BCUT2D eigenvalue weighted by molar-refractivity contribution is 6.06. The number of piperidine rings is 1. The molecule has 5 aromatic rings. The molecule has 3 N–H and O–H groups in total. The van der Waals surface area contributed by atoms with Gasteiger partial charge in [-0.15, -0.1) is 0 Å². The maximum atomic E-state index is 17.1. The van der Waals surface area contributed by atoms with Gasteiger partial charge in [0.2, 0.25) is 11.8 Å². The molecule has 6 aliphatic heterocycles. The standard InChI is InChI=1S/C51H59FN10O5/c1-2-31-7-5-8-32-24-38(63)25-40(44(31)32)46-45(52)47-41(26-53-46)48(61-28-34-10-11-35(29-61)54-34)57-51(56-47)67-30-37-9-6-18-59(37)17-4-3-16-58-19-21-60(22-20-58)36-12-13-39-33(23-36)27-62(50(39)66)42-14-15-43(64)55-49(42)65/h5,7-8,12-13,23-26,34-35,37,42,54,63H,2-4,6,9-11,14-22,27-30H2,1H3,(H,55,64,65)/t34?,35?,37-,42-/m0/s1. The highest BCUT2D eigenvalue weighted by Crippen LogP contribution is 2.39. The normalized spacial score (nSPS) is 23.5. The zero-order valence-corrected chi connectivity index (χ0v) is 38.2. The molecule has 6 aliphatic rings. The average Bonchev–Trinajstić information content (AvgIpc) is 4.04. The van der Waals surface area contributed by atoms with Crippen LogP contribution in [-0.4, -0.2) is 142 Å². The number of benzene rings is 3. The van der Waals surface area contributed by atoms with E-state index in [0.717, 1.165) is 131 Å². The van der Waals surface area contributed by atoms with Crippen molar-refractivity contribution < 1.29 is 28.6 Å². The second-order valence-electron chi connectivity index (χ2n) is 19.3. The fourth-order valence-corrected chi connectivity index (χ4v) is 11.6. The Morgan fingerprint density at radius 2 is 1.70 bits per heavy atom. The molecule has 16 heteroatoms. The summed E-state index contributed by atoms with van der Waals surface area (Å²) in [5.41, 5.74) is 4.58. The van der Waals surface area contributed by atoms with Crippen LogP contribution in [0.15, 0.2) is 54.7 Å². The molecule has 5 saturated heterocycles. The minimum Gasteiger partial charge on any atom is -0.508 e. The van der Waals surface area contributed by atoms with Crippen LogP contribution in [0.25, 0.3) is 32.9 Å². The number of phenols is 1. The zero-order chi connectivity index (χ0) is 45.8. The van der Waals surface area contributed by atoms with Crippen molar-refractivity contribution in [2.75, 3.05) is 75.3 Å². The van der Waals surface area contributed by atoms with E-state index in [2.05, 4.69) is 43.2 Å². The van der Waals surface area contributed by atoms with Crippen LogP contribution in [0.1, 0.15) is 79.8 Å². The number of unbranched alkanes of at least 4 members (excludes halogenated alkanes) is 1. The van der Waals surface area contributed by atoms with Crippen molar-refractivity contribution in [2.24, 2.45) is 0 Å². The van der Waals surface area contributed by atoms with Crippen molar-refractivity contribution in [1.82, 2.24) is 40.3 Å². The molecule has 0 aliphatic carbocycles. The third kappa shape index (κ3) is 8.52. The Morgan fingerprint density at radius 1 is 0.881 bits per heavy atom. The summed E-state index contributed by atoms with van der Waals surface area (Å²) < 4.78 is 23.6. The average molecular weight is 911 g/mol. The largest absolute Gasteiger partial charge is 0.508 e. The lowest BCUT2D eigenvalue weighted by atomic mass is 9.95. The van der Waals surface area contributed by atoms with Crippen LogP contribution >= 0.6 is 0 Å². The Balaban J connectivity index is 0.720. The molecule has 11 rings (SSSR count). The van der Waals surface area contributed by atoms with Crippen molar-refractivity contribution in [3.05, 3.63) is 77.2 Å². The summed E-state index contributed by atoms with van der Waals surface area (Å²) in [6.07, 6.45) is 9.52. The van der Waals surface area contributed by atoms with Crippen molar-refractivity contribution >= 4 is 50.9 Å². The Hall–Kier alpha value is -5.97. The topological polar surface area (TPSA) is 160 Å². The van der Waals surface area contributed by atoms with E-state index >= 15 is 4.39 Å². The van der Waals surface area contributed by atoms with Gasteiger partial charge in [0.1, 0.15) is 35.4 Å². The van der Waals surface area contributed by atoms with Gasteiger partial charge in [0.25, 0.3) is 5.91 Å². The first-order valence-corrected chi connectivity index (χ1v) is 24.4. The number of aromatic hydroxyl groups is 1. The highest BCUT2D eigenvalue weighted by atomic mass is 19.1. The lowest BCUT2D eigenvalue weighted by molar-refractivity contribution is -0.136. The molecule has 0 radical (unpaired) electrons. The van der Waals surface area contributed by atoms with Gasteiger partial charge in [-0.05, 0) is 123 Å². The van der Waals surface area contributed by atoms with E-state index in [1.54, 1.807) is 23.2 Å². The number of carbonyl (C=O) groups is 3. The molecule has 3 amide bonds. The number of phenolic OH excluding ortho intramolecular Hbond substituents is 1. The third-order valence-electron chi connectivity index (χ3n) is 15.2. The Labute approximate surface area is 389 Å². The van der Waals surface area contributed by atoms with E-state index in [0.29, 0.717) is 54.0 Å². The van der Waals surface area contributed by atoms with Crippen molar-refractivity contribution in [1.29, 1.82) is 0 Å². The number of aryl methyl sites for hydroxylation is 1. The van der Waals surface area contributed by atoms with Gasteiger partial charge >= 0.3 is 6.01 Å². The molecular weight excluding hydrogens is 852 g/mol. The number of halogens is 1. The number of pyridine rings is 1. The van der Waals surface area contributed by atoms with Crippen LogP contribution in [0.5, 0.6) is 11.8 Å². The molecule has 5 fully saturated rings. The number of rotatable bonds is 13. The number of ether oxygens (including phenoxy) is 1. The van der Waals surface area contributed by atoms with E-state index < -0.39 is 11.9 Å². The van der Waals surface area contributed by atoms with Crippen LogP contribution in [0.4, 0.5) is 15.9 Å². The summed E-state index contributed by atoms with van der Waals surface area (Å²) in [6.45, 7) is 11.2. The number of nitrogens with zero attached hydrogens (tertiary/aromatic N) is 8. The van der Waals surface area contributed by atoms with Gasteiger partial charge in [0, 0.05) is 93.4 Å². The SMILES string of the molecule is CCc1cccc2cc(O)cc(-c3ncc4c(N5CC6CCC(C5)N6)nc(OC[C@@H]5CCCN5CCCCN5CCN(c6ccc7c(c6)CN([C@H]6CCC(=O)NC6=O)C7=O)CC5)nc4c3F)c12. The van der Waals surface area contributed by atoms with E-state index in [1.807, 2.05) is 30.3 Å². The van der Waals surface area contributed by atoms with E-state index in [9.17, 15) is 19.5 Å². The molecular formula is C51H59FN10O5. The number of carbonyl (C=O) groups excluding carboxylic acids is 3. The summed E-state index contributed by atoms with van der Waals surface area (Å²) in [6, 6.07) is 15.7. The first kappa shape index (κ1) is 43.6. The van der Waals surface area contributed by atoms with Gasteiger partial charge in [-0.2, -0.15) is 9.97 Å². The van der Waals surface area contributed by atoms with Crippen LogP contribution in [0, 0.1) is 5.82 Å². The van der Waals surface area contributed by atoms with Gasteiger partial charge in [-0.3, -0.25) is 34.5 Å². The van der Waals surface area contributed by atoms with Gasteiger partial charge in [-0.25, -0.2) is 4.39 Å². The summed E-state index contributed by atoms with van der Waals surface area (Å²) in [4.78, 5) is 63.2. The minimum atomic E-state index is -0.611. The summed E-state index contributed by atoms with van der Waals surface area (Å²) in [5.74, 6) is -0.661. The maximum absolute atomic E-state index is 17.1. The minimum absolute atomic E-state index is 0.0529. The van der Waals surface area contributed by atoms with Crippen LogP contribution < -0.4 is 25.2 Å². The van der Waals surface area contributed by atoms with Gasteiger partial charge < -0.3 is 29.9 Å². The Kier molecular flexibility index (Phi) is 11.9. The predicted octanol–water partition coefficient (Wildman–Crippen LogP) is 5.40. The van der Waals surface area contributed by atoms with Crippen molar-refractivity contribution in [3.8, 4) is 23.0 Å². The molecule has 67 heavy (non-hydrogen) atoms. The lowest BCUT2D eigenvalue weighted by Gasteiger charge is -2.36. The number of anilines is 2. The molecule has 2 aromatic heterocycles. The number of imide groups is 1. The number of fused-ring (bicyclic) bond motifs is 5. The van der Waals surface area contributed by atoms with Crippen LogP contribution in [0.3, 0.4) is 0 Å². The zero-order valence-electron chi connectivity index (χ0n) is 38.2. The molecule has 15 nitrogen and oxygen atoms in total. The maximum Gasteiger partial charge on any atom is 0.319 e. The third-order valence-corrected chi connectivity index (χ3v) is 15.2. The summed E-state index contributed by atoms with van der Waals surface area (Å²) in [7, 11) is 0. The second kappa shape index (κ2) is 18.3. The fraction of sp³-hybridized carbons (Fsp3) is 0.490. The number of amides is 3. The fourth-order valence-electron chi connectivity index (χ4n) is 11.6. The van der Waals surface area contributed by atoms with Gasteiger partial charge in [-0.1, -0.05) is 25.1 Å². The Bertz CT molecular complexity index is 2730. The quantitative estimate of drug-likeness (QED) is 0.102. The Morgan fingerprint density at radius 3 is 2.51 bits per heavy atom. The molecule has 350 valence electrons. The molecule has 0 saturated carbocycles. The van der Waals surface area contributed by atoms with E-state index in [1.165, 1.54) is 0 Å². The summed E-state index contributed by atoms with van der Waals surface area (Å²) >= 11 is 0. The number of hydrogen-bond acceptors (Lipinski definition) is 13. The van der Waals surface area contributed by atoms with Crippen molar-refractivity contribution in [3.63, 3.8) is 0 Å². The van der Waals surface area contributed by atoms with E-state index in [-0.39, 0.29) is 53.2 Å². The smallest absolute Gasteiger partial charge is 0.319 e. The second-order valence-corrected chi connectivity index (χ2v) is 19.3. The number of aromatic nitrogens is 3. The molecule has 0 spiro atoms. The first-order chi connectivity index (χ1) is 32.7. The highest BCUT2D eigenvalue weighted by Gasteiger charge is 2.40. The summed E-state index contributed by atoms with van der Waals surface area (Å²) in [5, 5.41) is 19.1. The van der Waals surface area contributed by atoms with Crippen molar-refractivity contribution in [2.45, 2.75) is 95.4 Å². The molecule has 2 unspecified atom stereocenters. The van der Waals surface area contributed by atoms with Crippen LogP contribution in [0.2, 0.25) is 0 Å². The number of piperazine rings is 2. The molecule has 8 heterocycles. The van der Waals surface area contributed by atoms with Gasteiger partial charge in [0.15, 0.2) is 5.82 Å². The number of hydrogen-bond donors (Lipinski definition) is 3. The molecule has 2 bridgehead atoms. The monoisotopic (exact) mass is 910 g/mol. The number of likely N-dealkylation sites (tertiary alicyclic amines) is 1. The lowest BCUT2D eigenvalue weighted by Crippen LogP contribution is -2.52. The predicted molar refractivity (Wildman–Crippen MR) is 254 cm³/mol. The first-order valence-electron chi connectivity index (χ1n) is 24.4. The van der Waals surface area contributed by atoms with Gasteiger partial charge in [0.05, 0.1) is 5.39 Å². The van der Waals surface area contributed by atoms with E-state index in [4.69, 9.17) is 19.7 Å². The number of nitrogens with one attached hydrogen (secondary N) is 2. The molecule has 4 atom stereocenters.